The van der Waals surface area contributed by atoms with E-state index in [-0.39, 0.29) is 0 Å². The van der Waals surface area contributed by atoms with Crippen molar-refractivity contribution in [1.29, 1.82) is 0 Å². The molecule has 0 amide bonds. The molecule has 1 heterocycles. The van der Waals surface area contributed by atoms with Gasteiger partial charge in [0.2, 0.25) is 0 Å². The Hall–Kier alpha value is -2.74. The summed E-state index contributed by atoms with van der Waals surface area (Å²) in [6, 6.07) is 22.2. The molecule has 0 unspecified atom stereocenters. The van der Waals surface area contributed by atoms with E-state index in [0.717, 1.165) is 12.2 Å². The van der Waals surface area contributed by atoms with E-state index in [4.69, 9.17) is 4.74 Å². The third-order valence-electron chi connectivity index (χ3n) is 5.81. The van der Waals surface area contributed by atoms with Crippen molar-refractivity contribution in [3.05, 3.63) is 83.9 Å². The maximum atomic E-state index is 5.62. The molecule has 0 bridgehead atoms. The van der Waals surface area contributed by atoms with Gasteiger partial charge in [0.1, 0.15) is 5.75 Å². The molecule has 130 valence electrons. The number of ether oxygens (including phenoxy) is 1. The highest BCUT2D eigenvalue weighted by molar-refractivity contribution is 5.96. The first-order valence-corrected chi connectivity index (χ1v) is 9.53. The smallest absolute Gasteiger partial charge is 0.119 e. The predicted octanol–water partition coefficient (Wildman–Crippen LogP) is 6.07. The molecule has 0 radical (unpaired) electrons. The molecule has 5 rings (SSSR count). The van der Waals surface area contributed by atoms with Crippen molar-refractivity contribution in [1.82, 2.24) is 0 Å². The summed E-state index contributed by atoms with van der Waals surface area (Å²) in [5, 5.41) is 6.51. The summed E-state index contributed by atoms with van der Waals surface area (Å²) in [5.41, 5.74) is 4.07. The minimum Gasteiger partial charge on any atom is -0.494 e. The van der Waals surface area contributed by atoms with Gasteiger partial charge in [0.15, 0.2) is 0 Å². The van der Waals surface area contributed by atoms with Crippen LogP contribution in [0.1, 0.15) is 36.4 Å². The van der Waals surface area contributed by atoms with Crippen molar-refractivity contribution in [2.75, 3.05) is 11.9 Å². The summed E-state index contributed by atoms with van der Waals surface area (Å²) in [6.07, 6.45) is 5.88. The van der Waals surface area contributed by atoms with E-state index < -0.39 is 0 Å². The molecule has 2 heteroatoms. The largest absolute Gasteiger partial charge is 0.494 e. The summed E-state index contributed by atoms with van der Waals surface area (Å²) in [4.78, 5) is 0. The molecule has 3 aromatic rings. The van der Waals surface area contributed by atoms with Crippen LogP contribution in [0.4, 0.5) is 5.69 Å². The van der Waals surface area contributed by atoms with Crippen LogP contribution >= 0.6 is 0 Å². The van der Waals surface area contributed by atoms with E-state index in [2.05, 4.69) is 78.1 Å². The first-order chi connectivity index (χ1) is 12.8. The molecule has 3 aromatic carbocycles. The molecule has 1 aliphatic carbocycles. The number of anilines is 1. The topological polar surface area (TPSA) is 21.3 Å². The van der Waals surface area contributed by atoms with Crippen LogP contribution in [0.25, 0.3) is 10.8 Å². The zero-order chi connectivity index (χ0) is 17.5. The maximum Gasteiger partial charge on any atom is 0.119 e. The monoisotopic (exact) mass is 341 g/mol. The number of fused-ring (bicyclic) bond motifs is 5. The number of hydrogen-bond donors (Lipinski definition) is 1. The van der Waals surface area contributed by atoms with Crippen LogP contribution in [0.5, 0.6) is 5.75 Å². The fourth-order valence-corrected chi connectivity index (χ4v) is 4.61. The highest BCUT2D eigenvalue weighted by Gasteiger charge is 2.38. The van der Waals surface area contributed by atoms with Gasteiger partial charge in [0.25, 0.3) is 0 Å². The highest BCUT2D eigenvalue weighted by Crippen LogP contribution is 2.51. The summed E-state index contributed by atoms with van der Waals surface area (Å²) < 4.78 is 5.62. The van der Waals surface area contributed by atoms with Crippen molar-refractivity contribution in [2.45, 2.75) is 25.3 Å². The second-order valence-electron chi connectivity index (χ2n) is 7.23. The van der Waals surface area contributed by atoms with Crippen LogP contribution in [0, 0.1) is 5.92 Å². The lowest BCUT2D eigenvalue weighted by atomic mass is 9.76. The maximum absolute atomic E-state index is 5.62. The summed E-state index contributed by atoms with van der Waals surface area (Å²) in [6.45, 7) is 2.72. The van der Waals surface area contributed by atoms with Gasteiger partial charge in [-0.15, -0.1) is 0 Å². The molecule has 2 nitrogen and oxygen atoms in total. The number of rotatable bonds is 3. The molecule has 3 atom stereocenters. The van der Waals surface area contributed by atoms with Crippen molar-refractivity contribution < 1.29 is 4.74 Å². The zero-order valence-electron chi connectivity index (χ0n) is 15.0. The fraction of sp³-hybridized carbons (Fsp3) is 0.250. The van der Waals surface area contributed by atoms with Gasteiger partial charge in [-0.2, -0.15) is 0 Å². The molecule has 0 saturated heterocycles. The lowest BCUT2D eigenvalue weighted by Gasteiger charge is -2.38. The van der Waals surface area contributed by atoms with Gasteiger partial charge in [0.05, 0.1) is 12.6 Å². The Balaban J connectivity index is 1.60. The Morgan fingerprint density at radius 2 is 1.85 bits per heavy atom. The Morgan fingerprint density at radius 1 is 1.00 bits per heavy atom. The number of nitrogens with one attached hydrogen (secondary N) is 1. The van der Waals surface area contributed by atoms with Gasteiger partial charge < -0.3 is 10.1 Å². The second-order valence-corrected chi connectivity index (χ2v) is 7.23. The van der Waals surface area contributed by atoms with Gasteiger partial charge in [-0.25, -0.2) is 0 Å². The molecular weight excluding hydrogens is 318 g/mol. The van der Waals surface area contributed by atoms with E-state index >= 15 is 0 Å². The minimum atomic E-state index is 0.323. The van der Waals surface area contributed by atoms with Crippen LogP contribution in [0.15, 0.2) is 72.8 Å². The summed E-state index contributed by atoms with van der Waals surface area (Å²) >= 11 is 0. The molecule has 2 aliphatic rings. The lowest BCUT2D eigenvalue weighted by Crippen LogP contribution is -2.29. The molecule has 0 spiro atoms. The third-order valence-corrected chi connectivity index (χ3v) is 5.81. The van der Waals surface area contributed by atoms with Gasteiger partial charge in [0, 0.05) is 17.0 Å². The van der Waals surface area contributed by atoms with Crippen LogP contribution < -0.4 is 10.1 Å². The number of hydrogen-bond acceptors (Lipinski definition) is 2. The van der Waals surface area contributed by atoms with Gasteiger partial charge in [-0.3, -0.25) is 0 Å². The molecule has 26 heavy (non-hydrogen) atoms. The van der Waals surface area contributed by atoms with Crippen molar-refractivity contribution in [2.24, 2.45) is 5.92 Å². The lowest BCUT2D eigenvalue weighted by molar-refractivity contribution is 0.340. The molecule has 1 aliphatic heterocycles. The summed E-state index contributed by atoms with van der Waals surface area (Å²) in [5.74, 6) is 2.01. The molecule has 0 aromatic heterocycles. The van der Waals surface area contributed by atoms with Gasteiger partial charge in [-0.05, 0) is 47.9 Å². The van der Waals surface area contributed by atoms with Crippen LogP contribution in [0.2, 0.25) is 0 Å². The van der Waals surface area contributed by atoms with Gasteiger partial charge in [-0.1, -0.05) is 60.7 Å². The average molecular weight is 341 g/mol. The van der Waals surface area contributed by atoms with Crippen molar-refractivity contribution in [3.8, 4) is 5.75 Å². The molecule has 0 fully saturated rings. The molecular formula is C24H23NO. The van der Waals surface area contributed by atoms with E-state index in [0.29, 0.717) is 24.5 Å². The Bertz CT molecular complexity index is 973. The second kappa shape index (κ2) is 6.21. The number of benzene rings is 3. The van der Waals surface area contributed by atoms with E-state index in [9.17, 15) is 0 Å². The van der Waals surface area contributed by atoms with E-state index in [1.165, 1.54) is 27.6 Å². The quantitative estimate of drug-likeness (QED) is 0.584. The summed E-state index contributed by atoms with van der Waals surface area (Å²) in [7, 11) is 0. The average Bonchev–Trinajstić information content (AvgIpc) is 3.18. The minimum absolute atomic E-state index is 0.323. The van der Waals surface area contributed by atoms with Crippen molar-refractivity contribution >= 4 is 16.5 Å². The first-order valence-electron chi connectivity index (χ1n) is 9.53. The standard InChI is InChI=1S/C24H23NO/c1-2-26-18-13-10-17(11-14-18)23-21-9-5-8-20(21)22-15-12-16-6-3-4-7-19(16)24(22)25-23/h3-8,10-15,20-21,23,25H,2,9H2,1H3/t20-,21+,23+/m1/s1. The van der Waals surface area contributed by atoms with Crippen LogP contribution in [-0.4, -0.2) is 6.61 Å². The Morgan fingerprint density at radius 3 is 2.69 bits per heavy atom. The zero-order valence-corrected chi connectivity index (χ0v) is 15.0. The normalized spacial score (nSPS) is 23.3. The Kier molecular flexibility index (Phi) is 3.70. The highest BCUT2D eigenvalue weighted by atomic mass is 16.5. The van der Waals surface area contributed by atoms with E-state index in [1.807, 2.05) is 6.92 Å². The third kappa shape index (κ3) is 2.40. The van der Waals surface area contributed by atoms with Crippen molar-refractivity contribution in [3.63, 3.8) is 0 Å². The first kappa shape index (κ1) is 15.5. The van der Waals surface area contributed by atoms with Crippen LogP contribution in [0.3, 0.4) is 0 Å². The number of allylic oxidation sites excluding steroid dienone is 2. The SMILES string of the molecule is CCOc1ccc([C@@H]2Nc3c(ccc4ccccc34)[C@@H]3C=CC[C@@H]32)cc1. The molecule has 0 saturated carbocycles. The Labute approximate surface area is 154 Å². The van der Waals surface area contributed by atoms with Crippen LogP contribution in [-0.2, 0) is 0 Å². The molecule has 1 N–H and O–H groups in total. The van der Waals surface area contributed by atoms with E-state index in [1.54, 1.807) is 0 Å². The fourth-order valence-electron chi connectivity index (χ4n) is 4.61. The predicted molar refractivity (Wildman–Crippen MR) is 108 cm³/mol. The van der Waals surface area contributed by atoms with Gasteiger partial charge >= 0.3 is 0 Å².